The van der Waals surface area contributed by atoms with Gasteiger partial charge in [0.25, 0.3) is 0 Å². The molecule has 2 aromatic rings. The lowest BCUT2D eigenvalue weighted by Gasteiger charge is -2.30. The molecule has 1 fully saturated rings. The summed E-state index contributed by atoms with van der Waals surface area (Å²) in [6.45, 7) is 3.86. The third-order valence-corrected chi connectivity index (χ3v) is 5.97. The van der Waals surface area contributed by atoms with Gasteiger partial charge in [0.15, 0.2) is 0 Å². The summed E-state index contributed by atoms with van der Waals surface area (Å²) in [6, 6.07) is 7.92. The first-order valence-electron chi connectivity index (χ1n) is 8.51. The molecule has 2 heterocycles. The van der Waals surface area contributed by atoms with E-state index in [0.29, 0.717) is 19.6 Å². The highest BCUT2D eigenvalue weighted by Crippen LogP contribution is 2.19. The predicted molar refractivity (Wildman–Crippen MR) is 96.6 cm³/mol. The van der Waals surface area contributed by atoms with Gasteiger partial charge in [0.2, 0.25) is 15.9 Å². The van der Waals surface area contributed by atoms with E-state index >= 15 is 0 Å². The summed E-state index contributed by atoms with van der Waals surface area (Å²) in [5.41, 5.74) is 2.00. The number of carbonyl (C=O) groups excluding carboxylic acids is 1. The Hall–Kier alpha value is -1.93. The zero-order valence-corrected chi connectivity index (χ0v) is 15.4. The first-order valence-corrected chi connectivity index (χ1v) is 10.4. The number of benzene rings is 1. The molecule has 25 heavy (non-hydrogen) atoms. The predicted octanol–water partition coefficient (Wildman–Crippen LogP) is 1.13. The molecule has 8 heteroatoms. The summed E-state index contributed by atoms with van der Waals surface area (Å²) >= 11 is 0. The van der Waals surface area contributed by atoms with Gasteiger partial charge in [-0.2, -0.15) is 0 Å². The van der Waals surface area contributed by atoms with Crippen LogP contribution in [-0.4, -0.2) is 54.1 Å². The number of fused-ring (bicyclic) bond motifs is 1. The van der Waals surface area contributed by atoms with Crippen LogP contribution in [0.25, 0.3) is 11.0 Å². The second-order valence-electron chi connectivity index (χ2n) is 6.55. The van der Waals surface area contributed by atoms with Crippen molar-refractivity contribution in [2.45, 2.75) is 26.3 Å². The number of rotatable bonds is 5. The topological polar surface area (TPSA) is 84.3 Å². The highest BCUT2D eigenvalue weighted by atomic mass is 32.2. The minimum atomic E-state index is -3.24. The summed E-state index contributed by atoms with van der Waals surface area (Å²) in [6.07, 6.45) is 2.64. The molecule has 0 spiro atoms. The fourth-order valence-electron chi connectivity index (χ4n) is 3.37. The molecule has 3 rings (SSSR count). The molecule has 7 nitrogen and oxygen atoms in total. The molecule has 0 saturated carbocycles. The molecule has 0 bridgehead atoms. The standard InChI is InChI=1S/C17H24N4O3S/c1-13-19-15-7-3-4-8-16(15)21(13)11-9-18-17(22)14-6-5-10-20(12-14)25(2,23)24/h3-4,7-8,14H,5-6,9-12H2,1-2H3,(H,18,22). The lowest BCUT2D eigenvalue weighted by Crippen LogP contribution is -2.45. The minimum absolute atomic E-state index is 0.0737. The minimum Gasteiger partial charge on any atom is -0.354 e. The van der Waals surface area contributed by atoms with Crippen LogP contribution < -0.4 is 5.32 Å². The number of para-hydroxylation sites is 2. The Bertz CT molecular complexity index is 875. The number of aryl methyl sites for hydroxylation is 1. The number of carbonyl (C=O) groups is 1. The largest absolute Gasteiger partial charge is 0.354 e. The molecule has 1 N–H and O–H groups in total. The average Bonchev–Trinajstić information content (AvgIpc) is 2.90. The molecule has 1 amide bonds. The van der Waals surface area contributed by atoms with Gasteiger partial charge >= 0.3 is 0 Å². The summed E-state index contributed by atoms with van der Waals surface area (Å²) in [5, 5.41) is 2.95. The van der Waals surface area contributed by atoms with Crippen molar-refractivity contribution >= 4 is 27.0 Å². The zero-order valence-electron chi connectivity index (χ0n) is 14.6. The molecule has 1 saturated heterocycles. The SMILES string of the molecule is Cc1nc2ccccc2n1CCNC(=O)C1CCCN(S(C)(=O)=O)C1. The molecule has 1 aromatic heterocycles. The summed E-state index contributed by atoms with van der Waals surface area (Å²) in [4.78, 5) is 16.9. The fraction of sp³-hybridized carbons (Fsp3) is 0.529. The van der Waals surface area contributed by atoms with Crippen molar-refractivity contribution in [3.05, 3.63) is 30.1 Å². The van der Waals surface area contributed by atoms with Crippen LogP contribution in [0.3, 0.4) is 0 Å². The highest BCUT2D eigenvalue weighted by Gasteiger charge is 2.29. The molecule has 1 aliphatic heterocycles. The van der Waals surface area contributed by atoms with E-state index in [1.165, 1.54) is 10.6 Å². The Morgan fingerprint density at radius 1 is 1.36 bits per heavy atom. The van der Waals surface area contributed by atoms with Gasteiger partial charge in [-0.3, -0.25) is 4.79 Å². The van der Waals surface area contributed by atoms with Gasteiger partial charge in [0.05, 0.1) is 23.2 Å². The lowest BCUT2D eigenvalue weighted by molar-refractivity contribution is -0.126. The molecule has 0 aliphatic carbocycles. The van der Waals surface area contributed by atoms with Gasteiger partial charge in [0.1, 0.15) is 5.82 Å². The number of sulfonamides is 1. The van der Waals surface area contributed by atoms with Crippen LogP contribution in [0.15, 0.2) is 24.3 Å². The molecule has 1 atom stereocenters. The Kier molecular flexibility index (Phi) is 5.10. The smallest absolute Gasteiger partial charge is 0.224 e. The van der Waals surface area contributed by atoms with Crippen molar-refractivity contribution in [3.63, 3.8) is 0 Å². The van der Waals surface area contributed by atoms with Crippen molar-refractivity contribution in [2.24, 2.45) is 5.92 Å². The van der Waals surface area contributed by atoms with Gasteiger partial charge in [0, 0.05) is 26.2 Å². The molecule has 1 aromatic carbocycles. The van der Waals surface area contributed by atoms with E-state index in [2.05, 4.69) is 14.9 Å². The van der Waals surface area contributed by atoms with Crippen LogP contribution >= 0.6 is 0 Å². The first kappa shape index (κ1) is 17.9. The van der Waals surface area contributed by atoms with E-state index < -0.39 is 10.0 Å². The number of aromatic nitrogens is 2. The maximum absolute atomic E-state index is 12.4. The van der Waals surface area contributed by atoms with Gasteiger partial charge in [-0.1, -0.05) is 12.1 Å². The summed E-state index contributed by atoms with van der Waals surface area (Å²) in [7, 11) is -3.24. The normalized spacial score (nSPS) is 19.2. The van der Waals surface area contributed by atoms with Crippen LogP contribution in [0.2, 0.25) is 0 Å². The Labute approximate surface area is 148 Å². The first-order chi connectivity index (χ1) is 11.9. The number of amides is 1. The van der Waals surface area contributed by atoms with Crippen molar-refractivity contribution in [3.8, 4) is 0 Å². The molecule has 136 valence electrons. The van der Waals surface area contributed by atoms with Crippen LogP contribution in [0.4, 0.5) is 0 Å². The van der Waals surface area contributed by atoms with Crippen LogP contribution in [0, 0.1) is 12.8 Å². The van der Waals surface area contributed by atoms with Crippen LogP contribution in [0.1, 0.15) is 18.7 Å². The number of nitrogens with zero attached hydrogens (tertiary/aromatic N) is 3. The van der Waals surface area contributed by atoms with Crippen LogP contribution in [0.5, 0.6) is 0 Å². The monoisotopic (exact) mass is 364 g/mol. The molecule has 0 radical (unpaired) electrons. The molecule has 1 aliphatic rings. The maximum Gasteiger partial charge on any atom is 0.224 e. The van der Waals surface area contributed by atoms with Crippen molar-refractivity contribution in [2.75, 3.05) is 25.9 Å². The zero-order chi connectivity index (χ0) is 18.0. The highest BCUT2D eigenvalue weighted by molar-refractivity contribution is 7.88. The molecule has 1 unspecified atom stereocenters. The fourth-order valence-corrected chi connectivity index (χ4v) is 4.28. The van der Waals surface area contributed by atoms with Gasteiger partial charge in [-0.05, 0) is 31.9 Å². The number of hydrogen-bond acceptors (Lipinski definition) is 4. The van der Waals surface area contributed by atoms with Gasteiger partial charge in [-0.15, -0.1) is 0 Å². The number of piperidine rings is 1. The Balaban J connectivity index is 1.58. The van der Waals surface area contributed by atoms with E-state index in [1.54, 1.807) is 0 Å². The van der Waals surface area contributed by atoms with E-state index in [1.807, 2.05) is 31.2 Å². The van der Waals surface area contributed by atoms with Gasteiger partial charge in [-0.25, -0.2) is 17.7 Å². The van der Waals surface area contributed by atoms with Crippen molar-refractivity contribution in [1.82, 2.24) is 19.2 Å². The van der Waals surface area contributed by atoms with E-state index in [9.17, 15) is 13.2 Å². The second-order valence-corrected chi connectivity index (χ2v) is 8.53. The Morgan fingerprint density at radius 3 is 2.88 bits per heavy atom. The van der Waals surface area contributed by atoms with Gasteiger partial charge < -0.3 is 9.88 Å². The summed E-state index contributed by atoms with van der Waals surface area (Å²) < 4.78 is 26.8. The quantitative estimate of drug-likeness (QED) is 0.862. The maximum atomic E-state index is 12.4. The third kappa shape index (κ3) is 4.01. The number of nitrogens with one attached hydrogen (secondary N) is 1. The molecular formula is C17H24N4O3S. The lowest BCUT2D eigenvalue weighted by atomic mass is 9.99. The third-order valence-electron chi connectivity index (χ3n) is 4.70. The number of hydrogen-bond donors (Lipinski definition) is 1. The van der Waals surface area contributed by atoms with E-state index in [4.69, 9.17) is 0 Å². The Morgan fingerprint density at radius 2 is 2.12 bits per heavy atom. The second kappa shape index (κ2) is 7.13. The molecular weight excluding hydrogens is 340 g/mol. The van der Waals surface area contributed by atoms with Crippen molar-refractivity contribution < 1.29 is 13.2 Å². The average molecular weight is 364 g/mol. The van der Waals surface area contributed by atoms with Crippen molar-refractivity contribution in [1.29, 1.82) is 0 Å². The van der Waals surface area contributed by atoms with E-state index in [-0.39, 0.29) is 18.4 Å². The van der Waals surface area contributed by atoms with E-state index in [0.717, 1.165) is 29.7 Å². The number of imidazole rings is 1. The summed E-state index contributed by atoms with van der Waals surface area (Å²) in [5.74, 6) is 0.566. The van der Waals surface area contributed by atoms with Crippen LogP contribution in [-0.2, 0) is 21.4 Å².